The van der Waals surface area contributed by atoms with E-state index >= 15 is 0 Å². The molecule has 0 saturated carbocycles. The minimum absolute atomic E-state index is 0.170. The summed E-state index contributed by atoms with van der Waals surface area (Å²) >= 11 is 0. The molecule has 2 amide bonds. The minimum Gasteiger partial charge on any atom is -0.355 e. The number of hydrogen-bond acceptors (Lipinski definition) is 2. The highest BCUT2D eigenvalue weighted by molar-refractivity contribution is 5.78. The van der Waals surface area contributed by atoms with Crippen molar-refractivity contribution < 1.29 is 22.8 Å². The quantitative estimate of drug-likeness (QED) is 0.619. The highest BCUT2D eigenvalue weighted by Crippen LogP contribution is 2.15. The van der Waals surface area contributed by atoms with Crippen LogP contribution in [0.15, 0.2) is 12.1 Å². The first kappa shape index (κ1) is 15.0. The van der Waals surface area contributed by atoms with Crippen molar-refractivity contribution in [1.29, 1.82) is 0 Å². The van der Waals surface area contributed by atoms with Crippen LogP contribution in [-0.4, -0.2) is 24.9 Å². The average molecular weight is 274 g/mol. The Kier molecular flexibility index (Phi) is 5.35. The first-order chi connectivity index (χ1) is 8.91. The maximum atomic E-state index is 13.3. The van der Waals surface area contributed by atoms with Crippen LogP contribution in [0.2, 0.25) is 0 Å². The van der Waals surface area contributed by atoms with Gasteiger partial charge in [-0.15, -0.1) is 0 Å². The predicted molar refractivity (Wildman–Crippen MR) is 61.7 cm³/mol. The van der Waals surface area contributed by atoms with Gasteiger partial charge in [0.1, 0.15) is 0 Å². The van der Waals surface area contributed by atoms with E-state index in [1.807, 2.05) is 0 Å². The third-order valence-corrected chi connectivity index (χ3v) is 2.29. The van der Waals surface area contributed by atoms with Crippen molar-refractivity contribution in [2.75, 3.05) is 13.1 Å². The van der Waals surface area contributed by atoms with E-state index in [1.54, 1.807) is 0 Å². The van der Waals surface area contributed by atoms with Crippen LogP contribution in [0, 0.1) is 17.5 Å². The third-order valence-electron chi connectivity index (χ3n) is 2.29. The topological polar surface area (TPSA) is 58.2 Å². The van der Waals surface area contributed by atoms with Crippen LogP contribution in [0.3, 0.4) is 0 Å². The maximum absolute atomic E-state index is 13.3. The number of nitrogens with one attached hydrogen (secondary N) is 2. The van der Waals surface area contributed by atoms with Crippen LogP contribution in [0.5, 0.6) is 0 Å². The van der Waals surface area contributed by atoms with Gasteiger partial charge in [0.05, 0.1) is 6.42 Å². The summed E-state index contributed by atoms with van der Waals surface area (Å²) in [6.07, 6.45) is -0.400. The molecule has 1 rings (SSSR count). The zero-order valence-electron chi connectivity index (χ0n) is 10.2. The lowest BCUT2D eigenvalue weighted by molar-refractivity contribution is -0.121. The van der Waals surface area contributed by atoms with E-state index in [0.717, 1.165) is 12.1 Å². The number of hydrogen-bond donors (Lipinski definition) is 2. The second-order valence-electron chi connectivity index (χ2n) is 3.84. The van der Waals surface area contributed by atoms with E-state index in [4.69, 9.17) is 0 Å². The van der Waals surface area contributed by atoms with Crippen LogP contribution >= 0.6 is 0 Å². The van der Waals surface area contributed by atoms with Gasteiger partial charge in [0.15, 0.2) is 17.5 Å². The molecule has 0 aliphatic carbocycles. The van der Waals surface area contributed by atoms with Gasteiger partial charge >= 0.3 is 0 Å². The predicted octanol–water partition coefficient (Wildman–Crippen LogP) is 0.899. The van der Waals surface area contributed by atoms with Crippen molar-refractivity contribution in [2.45, 2.75) is 13.3 Å². The number of benzene rings is 1. The molecule has 0 aliphatic rings. The zero-order valence-corrected chi connectivity index (χ0v) is 10.2. The van der Waals surface area contributed by atoms with Crippen LogP contribution in [-0.2, 0) is 16.0 Å². The number of rotatable bonds is 5. The van der Waals surface area contributed by atoms with E-state index in [2.05, 4.69) is 10.6 Å². The summed E-state index contributed by atoms with van der Waals surface area (Å²) in [6, 6.07) is 1.78. The second kappa shape index (κ2) is 6.77. The Balaban J connectivity index is 2.49. The van der Waals surface area contributed by atoms with Crippen molar-refractivity contribution in [3.63, 3.8) is 0 Å². The average Bonchev–Trinajstić information content (AvgIpc) is 2.35. The van der Waals surface area contributed by atoms with Gasteiger partial charge in [-0.25, -0.2) is 13.2 Å². The molecule has 0 heterocycles. The van der Waals surface area contributed by atoms with E-state index in [-0.39, 0.29) is 24.6 Å². The van der Waals surface area contributed by atoms with Gasteiger partial charge in [-0.1, -0.05) is 6.07 Å². The Labute approximate surface area is 108 Å². The highest BCUT2D eigenvalue weighted by atomic mass is 19.2. The van der Waals surface area contributed by atoms with Crippen molar-refractivity contribution in [3.8, 4) is 0 Å². The summed E-state index contributed by atoms with van der Waals surface area (Å²) in [4.78, 5) is 21.9. The Morgan fingerprint density at radius 2 is 1.68 bits per heavy atom. The molecule has 0 aliphatic heterocycles. The summed E-state index contributed by atoms with van der Waals surface area (Å²) in [5.41, 5.74) is -0.226. The number of halogens is 3. The monoisotopic (exact) mass is 274 g/mol. The van der Waals surface area contributed by atoms with Crippen molar-refractivity contribution in [1.82, 2.24) is 10.6 Å². The molecule has 0 aromatic heterocycles. The highest BCUT2D eigenvalue weighted by Gasteiger charge is 2.15. The van der Waals surface area contributed by atoms with Gasteiger partial charge in [0.25, 0.3) is 0 Å². The van der Waals surface area contributed by atoms with Gasteiger partial charge in [-0.3, -0.25) is 9.59 Å². The molecule has 104 valence electrons. The molecule has 0 atom stereocenters. The molecule has 0 fully saturated rings. The first-order valence-corrected chi connectivity index (χ1v) is 5.55. The van der Waals surface area contributed by atoms with Gasteiger partial charge in [0.2, 0.25) is 11.8 Å². The molecule has 1 aromatic rings. The molecule has 1 aromatic carbocycles. The standard InChI is InChI=1S/C12H13F3N2O2/c1-7(18)16-4-5-17-10(19)6-8-2-3-9(13)12(15)11(8)14/h2-3H,4-6H2,1H3,(H,16,18)(H,17,19). The Hall–Kier alpha value is -2.05. The van der Waals surface area contributed by atoms with E-state index < -0.39 is 29.8 Å². The molecule has 0 bridgehead atoms. The van der Waals surface area contributed by atoms with E-state index in [9.17, 15) is 22.8 Å². The first-order valence-electron chi connectivity index (χ1n) is 5.55. The summed E-state index contributed by atoms with van der Waals surface area (Å²) in [5.74, 6) is -5.04. The lowest BCUT2D eigenvalue weighted by Crippen LogP contribution is -2.34. The van der Waals surface area contributed by atoms with Crippen LogP contribution in [0.4, 0.5) is 13.2 Å². The SMILES string of the molecule is CC(=O)NCCNC(=O)Cc1ccc(F)c(F)c1F. The van der Waals surface area contributed by atoms with Crippen LogP contribution in [0.25, 0.3) is 0 Å². The summed E-state index contributed by atoms with van der Waals surface area (Å²) in [7, 11) is 0. The van der Waals surface area contributed by atoms with Gasteiger partial charge < -0.3 is 10.6 Å². The lowest BCUT2D eigenvalue weighted by atomic mass is 10.1. The molecule has 0 radical (unpaired) electrons. The number of carbonyl (C=O) groups excluding carboxylic acids is 2. The summed E-state index contributed by atoms with van der Waals surface area (Å²) < 4.78 is 38.8. The summed E-state index contributed by atoms with van der Waals surface area (Å²) in [5, 5.41) is 4.87. The smallest absolute Gasteiger partial charge is 0.224 e. The molecule has 19 heavy (non-hydrogen) atoms. The van der Waals surface area contributed by atoms with Crippen molar-refractivity contribution in [2.24, 2.45) is 0 Å². The van der Waals surface area contributed by atoms with Gasteiger partial charge in [0, 0.05) is 25.6 Å². The fourth-order valence-electron chi connectivity index (χ4n) is 1.38. The Morgan fingerprint density at radius 1 is 1.05 bits per heavy atom. The van der Waals surface area contributed by atoms with Crippen molar-refractivity contribution >= 4 is 11.8 Å². The molecule has 4 nitrogen and oxygen atoms in total. The molecule has 0 spiro atoms. The summed E-state index contributed by atoms with van der Waals surface area (Å²) in [6.45, 7) is 1.74. The third kappa shape index (κ3) is 4.61. The molecular formula is C12H13F3N2O2. The number of carbonyl (C=O) groups is 2. The minimum atomic E-state index is -1.59. The van der Waals surface area contributed by atoms with E-state index in [1.165, 1.54) is 6.92 Å². The largest absolute Gasteiger partial charge is 0.355 e. The molecule has 7 heteroatoms. The zero-order chi connectivity index (χ0) is 14.4. The second-order valence-corrected chi connectivity index (χ2v) is 3.84. The van der Waals surface area contributed by atoms with Crippen LogP contribution in [0.1, 0.15) is 12.5 Å². The van der Waals surface area contributed by atoms with Gasteiger partial charge in [-0.05, 0) is 6.07 Å². The molecule has 0 saturated heterocycles. The molecule has 2 N–H and O–H groups in total. The normalized spacial score (nSPS) is 10.1. The molecule has 0 unspecified atom stereocenters. The number of amides is 2. The lowest BCUT2D eigenvalue weighted by Gasteiger charge is -2.07. The maximum Gasteiger partial charge on any atom is 0.224 e. The Morgan fingerprint density at radius 3 is 2.32 bits per heavy atom. The Bertz CT molecular complexity index is 492. The van der Waals surface area contributed by atoms with Crippen LogP contribution < -0.4 is 10.6 Å². The fourth-order valence-corrected chi connectivity index (χ4v) is 1.38. The fraction of sp³-hybridized carbons (Fsp3) is 0.333. The van der Waals surface area contributed by atoms with Crippen molar-refractivity contribution in [3.05, 3.63) is 35.1 Å². The van der Waals surface area contributed by atoms with E-state index in [0.29, 0.717) is 0 Å². The van der Waals surface area contributed by atoms with Gasteiger partial charge in [-0.2, -0.15) is 0 Å². The molecular weight excluding hydrogens is 261 g/mol.